The summed E-state index contributed by atoms with van der Waals surface area (Å²) < 4.78 is 10.9. The average molecular weight is 466 g/mol. The third-order valence-electron chi connectivity index (χ3n) is 6.75. The van der Waals surface area contributed by atoms with Crippen molar-refractivity contribution >= 4 is 18.0 Å². The molecule has 0 saturated carbocycles. The van der Waals surface area contributed by atoms with Crippen LogP contribution in [0.5, 0.6) is 0 Å². The number of nitrogens with one attached hydrogen (secondary N) is 1. The number of carbonyl (C=O) groups excluding carboxylic acids is 2. The molecule has 5 rings (SSSR count). The van der Waals surface area contributed by atoms with Crippen molar-refractivity contribution < 1.29 is 19.1 Å². The maximum atomic E-state index is 12.6. The molecule has 2 atom stereocenters. The standard InChI is InChI=1S/C25H31N5O4/c1-18-14-26-15-22-13-20-7-8-21(27-23(20)30(18)22)17-34-25(32)29-11-9-28(10-12-29)24(31)33-16-19-5-3-2-4-6-19/h2-8,18,22,26H,9-17H2,1H3. The Morgan fingerprint density at radius 3 is 2.32 bits per heavy atom. The molecular weight excluding hydrogens is 434 g/mol. The molecule has 2 aromatic rings. The Bertz CT molecular complexity index is 1030. The van der Waals surface area contributed by atoms with E-state index in [4.69, 9.17) is 14.5 Å². The summed E-state index contributed by atoms with van der Waals surface area (Å²) >= 11 is 0. The van der Waals surface area contributed by atoms with E-state index in [1.54, 1.807) is 9.80 Å². The van der Waals surface area contributed by atoms with Gasteiger partial charge in [-0.25, -0.2) is 14.6 Å². The van der Waals surface area contributed by atoms with Crippen molar-refractivity contribution in [2.45, 2.75) is 38.6 Å². The van der Waals surface area contributed by atoms with Crippen LogP contribution in [-0.2, 0) is 29.1 Å². The molecule has 9 nitrogen and oxygen atoms in total. The maximum absolute atomic E-state index is 12.6. The van der Waals surface area contributed by atoms with Gasteiger partial charge in [0.15, 0.2) is 0 Å². The predicted molar refractivity (Wildman–Crippen MR) is 126 cm³/mol. The summed E-state index contributed by atoms with van der Waals surface area (Å²) in [6.45, 7) is 6.16. The average Bonchev–Trinajstić information content (AvgIpc) is 3.25. The Labute approximate surface area is 199 Å². The number of aromatic nitrogens is 1. The van der Waals surface area contributed by atoms with Crippen LogP contribution in [0.25, 0.3) is 0 Å². The lowest BCUT2D eigenvalue weighted by atomic mass is 10.1. The topological polar surface area (TPSA) is 87.2 Å². The summed E-state index contributed by atoms with van der Waals surface area (Å²) in [5.74, 6) is 1.02. The SMILES string of the molecule is CC1CNCC2Cc3ccc(COC(=O)N4CCN(C(=O)OCc5ccccc5)CC4)nc3N12. The first-order valence-electron chi connectivity index (χ1n) is 11.9. The van der Waals surface area contributed by atoms with E-state index in [2.05, 4.69) is 23.2 Å². The van der Waals surface area contributed by atoms with Gasteiger partial charge < -0.3 is 29.5 Å². The number of hydrogen-bond acceptors (Lipinski definition) is 7. The highest BCUT2D eigenvalue weighted by atomic mass is 16.6. The first kappa shape index (κ1) is 22.5. The number of piperazine rings is 2. The summed E-state index contributed by atoms with van der Waals surface area (Å²) in [5.41, 5.74) is 2.95. The van der Waals surface area contributed by atoms with Crippen LogP contribution in [-0.4, -0.2) is 78.3 Å². The second kappa shape index (κ2) is 9.89. The lowest BCUT2D eigenvalue weighted by Gasteiger charge is -2.37. The molecule has 2 fully saturated rings. The van der Waals surface area contributed by atoms with Crippen LogP contribution in [0, 0.1) is 0 Å². The lowest BCUT2D eigenvalue weighted by Crippen LogP contribution is -2.55. The molecule has 4 heterocycles. The summed E-state index contributed by atoms with van der Waals surface area (Å²) in [6.07, 6.45) is 0.255. The number of nitrogens with zero attached hydrogens (tertiary/aromatic N) is 4. The minimum Gasteiger partial charge on any atom is -0.445 e. The molecule has 2 amide bonds. The molecule has 9 heteroatoms. The molecule has 2 saturated heterocycles. The number of pyridine rings is 1. The zero-order valence-corrected chi connectivity index (χ0v) is 19.5. The van der Waals surface area contributed by atoms with Crippen molar-refractivity contribution in [1.29, 1.82) is 0 Å². The molecule has 1 N–H and O–H groups in total. The van der Waals surface area contributed by atoms with Gasteiger partial charge in [0, 0.05) is 51.4 Å². The van der Waals surface area contributed by atoms with Gasteiger partial charge in [0.25, 0.3) is 0 Å². The van der Waals surface area contributed by atoms with Crippen LogP contribution in [0.1, 0.15) is 23.7 Å². The van der Waals surface area contributed by atoms with Gasteiger partial charge in [-0.3, -0.25) is 0 Å². The van der Waals surface area contributed by atoms with Crippen LogP contribution in [0.4, 0.5) is 15.4 Å². The first-order valence-corrected chi connectivity index (χ1v) is 11.9. The van der Waals surface area contributed by atoms with Crippen LogP contribution < -0.4 is 10.2 Å². The van der Waals surface area contributed by atoms with E-state index in [9.17, 15) is 9.59 Å². The van der Waals surface area contributed by atoms with E-state index in [0.717, 1.165) is 36.6 Å². The minimum absolute atomic E-state index is 0.135. The number of carbonyl (C=O) groups is 2. The van der Waals surface area contributed by atoms with Gasteiger partial charge in [-0.2, -0.15) is 0 Å². The Kier molecular flexibility index (Phi) is 6.53. The number of amides is 2. The predicted octanol–water partition coefficient (Wildman–Crippen LogP) is 2.40. The Hall–Kier alpha value is -3.33. The van der Waals surface area contributed by atoms with E-state index >= 15 is 0 Å². The second-order valence-corrected chi connectivity index (χ2v) is 9.13. The molecule has 3 aliphatic rings. The van der Waals surface area contributed by atoms with Crippen molar-refractivity contribution in [3.8, 4) is 0 Å². The number of anilines is 1. The lowest BCUT2D eigenvalue weighted by molar-refractivity contribution is 0.0553. The Morgan fingerprint density at radius 2 is 1.62 bits per heavy atom. The molecule has 0 aliphatic carbocycles. The Balaban J connectivity index is 1.09. The highest BCUT2D eigenvalue weighted by Gasteiger charge is 2.36. The van der Waals surface area contributed by atoms with E-state index in [-0.39, 0.29) is 25.4 Å². The summed E-state index contributed by atoms with van der Waals surface area (Å²) in [5, 5.41) is 3.48. The molecule has 1 aromatic carbocycles. The smallest absolute Gasteiger partial charge is 0.410 e. The molecule has 0 radical (unpaired) electrons. The molecule has 34 heavy (non-hydrogen) atoms. The zero-order valence-electron chi connectivity index (χ0n) is 19.5. The van der Waals surface area contributed by atoms with Crippen molar-refractivity contribution in [2.24, 2.45) is 0 Å². The molecule has 0 spiro atoms. The quantitative estimate of drug-likeness (QED) is 0.742. The maximum Gasteiger partial charge on any atom is 0.410 e. The van der Waals surface area contributed by atoms with Crippen molar-refractivity contribution in [3.05, 3.63) is 59.3 Å². The molecule has 3 aliphatic heterocycles. The van der Waals surface area contributed by atoms with Gasteiger partial charge in [-0.1, -0.05) is 36.4 Å². The monoisotopic (exact) mass is 465 g/mol. The number of ether oxygens (including phenoxy) is 2. The highest BCUT2D eigenvalue weighted by Crippen LogP contribution is 2.33. The van der Waals surface area contributed by atoms with Crippen LogP contribution in [0.15, 0.2) is 42.5 Å². The third-order valence-corrected chi connectivity index (χ3v) is 6.75. The van der Waals surface area contributed by atoms with Gasteiger partial charge >= 0.3 is 12.2 Å². The largest absolute Gasteiger partial charge is 0.445 e. The highest BCUT2D eigenvalue weighted by molar-refractivity contribution is 5.70. The van der Waals surface area contributed by atoms with Crippen molar-refractivity contribution in [3.63, 3.8) is 0 Å². The van der Waals surface area contributed by atoms with Crippen molar-refractivity contribution in [1.82, 2.24) is 20.1 Å². The first-order chi connectivity index (χ1) is 16.6. The van der Waals surface area contributed by atoms with Crippen LogP contribution in [0.3, 0.4) is 0 Å². The summed E-state index contributed by atoms with van der Waals surface area (Å²) in [4.78, 5) is 35.4. The van der Waals surface area contributed by atoms with E-state index in [1.807, 2.05) is 36.4 Å². The molecule has 1 aromatic heterocycles. The van der Waals surface area contributed by atoms with Crippen molar-refractivity contribution in [2.75, 3.05) is 44.2 Å². The summed E-state index contributed by atoms with van der Waals surface area (Å²) in [6, 6.07) is 14.5. The molecule has 180 valence electrons. The van der Waals surface area contributed by atoms with E-state index < -0.39 is 0 Å². The van der Waals surface area contributed by atoms with E-state index in [0.29, 0.717) is 38.3 Å². The third kappa shape index (κ3) is 4.79. The van der Waals surface area contributed by atoms with E-state index in [1.165, 1.54) is 5.56 Å². The Morgan fingerprint density at radius 1 is 0.941 bits per heavy atom. The minimum atomic E-state index is -0.381. The summed E-state index contributed by atoms with van der Waals surface area (Å²) in [7, 11) is 0. The normalized spacial score (nSPS) is 21.6. The fourth-order valence-corrected chi connectivity index (χ4v) is 4.91. The fraction of sp³-hybridized carbons (Fsp3) is 0.480. The van der Waals surface area contributed by atoms with Crippen LogP contribution >= 0.6 is 0 Å². The molecule has 2 unspecified atom stereocenters. The second-order valence-electron chi connectivity index (χ2n) is 9.13. The van der Waals surface area contributed by atoms with Gasteiger partial charge in [0.2, 0.25) is 0 Å². The van der Waals surface area contributed by atoms with Crippen LogP contribution in [0.2, 0.25) is 0 Å². The number of benzene rings is 1. The van der Waals surface area contributed by atoms with Gasteiger partial charge in [-0.15, -0.1) is 0 Å². The van der Waals surface area contributed by atoms with Gasteiger partial charge in [-0.05, 0) is 30.5 Å². The fourth-order valence-electron chi connectivity index (χ4n) is 4.91. The number of rotatable bonds is 4. The zero-order chi connectivity index (χ0) is 23.5. The number of hydrogen-bond donors (Lipinski definition) is 1. The van der Waals surface area contributed by atoms with Gasteiger partial charge in [0.05, 0.1) is 5.69 Å². The molecular formula is C25H31N5O4. The van der Waals surface area contributed by atoms with Gasteiger partial charge in [0.1, 0.15) is 19.0 Å². The number of fused-ring (bicyclic) bond motifs is 3. The molecule has 0 bridgehead atoms.